The molecule has 18 heavy (non-hydrogen) atoms. The second-order valence-electron chi connectivity index (χ2n) is 7.08. The third kappa shape index (κ3) is 3.06. The molecule has 1 atom stereocenters. The van der Waals surface area contributed by atoms with Crippen molar-refractivity contribution in [3.63, 3.8) is 0 Å². The molecule has 2 aliphatic heterocycles. The van der Waals surface area contributed by atoms with E-state index in [0.717, 1.165) is 0 Å². The normalized spacial score (nSPS) is 34.7. The van der Waals surface area contributed by atoms with Gasteiger partial charge in [0.25, 0.3) is 0 Å². The van der Waals surface area contributed by atoms with Crippen LogP contribution >= 0.6 is 0 Å². The van der Waals surface area contributed by atoms with Gasteiger partial charge >= 0.3 is 0 Å². The fraction of sp³-hybridized carbons (Fsp3) is 1.00. The molecule has 0 bridgehead atoms. The summed E-state index contributed by atoms with van der Waals surface area (Å²) in [6.07, 6.45) is 4.07. The highest BCUT2D eigenvalue weighted by Crippen LogP contribution is 2.32. The molecule has 0 aromatic rings. The van der Waals surface area contributed by atoms with Crippen LogP contribution < -0.4 is 5.32 Å². The van der Waals surface area contributed by atoms with E-state index < -0.39 is 0 Å². The van der Waals surface area contributed by atoms with Crippen molar-refractivity contribution in [3.8, 4) is 0 Å². The van der Waals surface area contributed by atoms with Crippen molar-refractivity contribution in [1.82, 2.24) is 15.1 Å². The molecule has 0 amide bonds. The Kier molecular flexibility index (Phi) is 4.35. The summed E-state index contributed by atoms with van der Waals surface area (Å²) in [6, 6.07) is 0. The molecule has 106 valence electrons. The van der Waals surface area contributed by atoms with Crippen molar-refractivity contribution in [2.24, 2.45) is 5.41 Å². The molecule has 1 unspecified atom stereocenters. The summed E-state index contributed by atoms with van der Waals surface area (Å²) in [6.45, 7) is 14.5. The predicted octanol–water partition coefficient (Wildman–Crippen LogP) is 1.79. The first-order chi connectivity index (χ1) is 8.47. The minimum absolute atomic E-state index is 0.329. The maximum Gasteiger partial charge on any atom is 0.0277 e. The number of likely N-dealkylation sites (N-methyl/N-ethyl adjacent to an activating group) is 1. The molecule has 0 aromatic carbocycles. The van der Waals surface area contributed by atoms with Gasteiger partial charge in [0.1, 0.15) is 0 Å². The van der Waals surface area contributed by atoms with E-state index in [0.29, 0.717) is 11.0 Å². The van der Waals surface area contributed by atoms with Crippen molar-refractivity contribution >= 4 is 0 Å². The first-order valence-corrected chi connectivity index (χ1v) is 7.62. The molecule has 2 fully saturated rings. The van der Waals surface area contributed by atoms with E-state index in [1.807, 2.05) is 0 Å². The van der Waals surface area contributed by atoms with Gasteiger partial charge in [0.15, 0.2) is 0 Å². The molecule has 2 rings (SSSR count). The number of piperidine rings is 1. The van der Waals surface area contributed by atoms with Gasteiger partial charge < -0.3 is 5.32 Å². The van der Waals surface area contributed by atoms with Crippen molar-refractivity contribution < 1.29 is 0 Å². The SMILES string of the molecule is CCC1(CN2CCN(C)C(C)(C)C2)CCCNC1. The summed E-state index contributed by atoms with van der Waals surface area (Å²) in [5.41, 5.74) is 0.861. The lowest BCUT2D eigenvalue weighted by Gasteiger charge is -2.49. The van der Waals surface area contributed by atoms with E-state index in [4.69, 9.17) is 0 Å². The van der Waals surface area contributed by atoms with Gasteiger partial charge in [0, 0.05) is 38.3 Å². The van der Waals surface area contributed by atoms with Crippen LogP contribution in [0.1, 0.15) is 40.0 Å². The first-order valence-electron chi connectivity index (χ1n) is 7.62. The maximum atomic E-state index is 3.61. The average Bonchev–Trinajstić information content (AvgIpc) is 2.35. The van der Waals surface area contributed by atoms with Crippen LogP contribution in [0.2, 0.25) is 0 Å². The van der Waals surface area contributed by atoms with Crippen molar-refractivity contribution in [2.45, 2.75) is 45.6 Å². The van der Waals surface area contributed by atoms with Crippen LogP contribution in [-0.2, 0) is 0 Å². The minimum atomic E-state index is 0.329. The minimum Gasteiger partial charge on any atom is -0.316 e. The Morgan fingerprint density at radius 2 is 2.00 bits per heavy atom. The van der Waals surface area contributed by atoms with Crippen LogP contribution in [0.4, 0.5) is 0 Å². The highest BCUT2D eigenvalue weighted by molar-refractivity contribution is 4.93. The standard InChI is InChI=1S/C15H31N3/c1-5-15(7-6-8-16-11-15)13-18-10-9-17(4)14(2,3)12-18/h16H,5-13H2,1-4H3. The summed E-state index contributed by atoms with van der Waals surface area (Å²) < 4.78 is 0. The smallest absolute Gasteiger partial charge is 0.0277 e. The highest BCUT2D eigenvalue weighted by Gasteiger charge is 2.37. The van der Waals surface area contributed by atoms with Crippen LogP contribution in [0, 0.1) is 5.41 Å². The van der Waals surface area contributed by atoms with Crippen LogP contribution in [0.3, 0.4) is 0 Å². The van der Waals surface area contributed by atoms with E-state index in [1.165, 1.54) is 58.5 Å². The fourth-order valence-electron chi connectivity index (χ4n) is 3.53. The van der Waals surface area contributed by atoms with E-state index >= 15 is 0 Å². The third-order valence-corrected chi connectivity index (χ3v) is 5.27. The molecule has 0 aromatic heterocycles. The molecule has 1 N–H and O–H groups in total. The second kappa shape index (κ2) is 5.48. The zero-order valence-electron chi connectivity index (χ0n) is 12.8. The molecular formula is C15H31N3. The summed E-state index contributed by atoms with van der Waals surface area (Å²) >= 11 is 0. The molecule has 0 saturated carbocycles. The van der Waals surface area contributed by atoms with Gasteiger partial charge in [-0.25, -0.2) is 0 Å². The van der Waals surface area contributed by atoms with E-state index in [1.54, 1.807) is 0 Å². The van der Waals surface area contributed by atoms with Gasteiger partial charge in [0.2, 0.25) is 0 Å². The fourth-order valence-corrected chi connectivity index (χ4v) is 3.53. The molecule has 0 spiro atoms. The molecule has 3 heteroatoms. The third-order valence-electron chi connectivity index (χ3n) is 5.27. The average molecular weight is 253 g/mol. The Hall–Kier alpha value is -0.120. The second-order valence-corrected chi connectivity index (χ2v) is 7.08. The number of rotatable bonds is 3. The zero-order chi connectivity index (χ0) is 13.2. The molecular weight excluding hydrogens is 222 g/mol. The van der Waals surface area contributed by atoms with Gasteiger partial charge in [-0.2, -0.15) is 0 Å². The summed E-state index contributed by atoms with van der Waals surface area (Å²) in [7, 11) is 2.26. The van der Waals surface area contributed by atoms with Crippen LogP contribution in [0.5, 0.6) is 0 Å². The van der Waals surface area contributed by atoms with E-state index in [-0.39, 0.29) is 0 Å². The lowest BCUT2D eigenvalue weighted by atomic mass is 9.77. The number of nitrogens with zero attached hydrogens (tertiary/aromatic N) is 2. The highest BCUT2D eigenvalue weighted by atomic mass is 15.3. The van der Waals surface area contributed by atoms with Gasteiger partial charge in [0.05, 0.1) is 0 Å². The van der Waals surface area contributed by atoms with Crippen molar-refractivity contribution in [2.75, 3.05) is 46.3 Å². The topological polar surface area (TPSA) is 18.5 Å². The van der Waals surface area contributed by atoms with E-state index in [9.17, 15) is 0 Å². The Balaban J connectivity index is 1.96. The quantitative estimate of drug-likeness (QED) is 0.827. The van der Waals surface area contributed by atoms with Crippen molar-refractivity contribution in [3.05, 3.63) is 0 Å². The summed E-state index contributed by atoms with van der Waals surface area (Å²) in [5.74, 6) is 0. The van der Waals surface area contributed by atoms with E-state index in [2.05, 4.69) is 42.9 Å². The number of hydrogen-bond donors (Lipinski definition) is 1. The number of piperazine rings is 1. The number of nitrogens with one attached hydrogen (secondary N) is 1. The lowest BCUT2D eigenvalue weighted by molar-refractivity contribution is 0.00884. The largest absolute Gasteiger partial charge is 0.316 e. The maximum absolute atomic E-state index is 3.61. The monoisotopic (exact) mass is 253 g/mol. The van der Waals surface area contributed by atoms with Crippen molar-refractivity contribution in [1.29, 1.82) is 0 Å². The Morgan fingerprint density at radius 1 is 1.22 bits per heavy atom. The summed E-state index contributed by atoms with van der Waals surface area (Å²) in [5, 5.41) is 3.61. The Bertz CT molecular complexity index is 269. The Morgan fingerprint density at radius 3 is 2.56 bits per heavy atom. The predicted molar refractivity (Wildman–Crippen MR) is 78.0 cm³/mol. The van der Waals surface area contributed by atoms with Crippen LogP contribution in [-0.4, -0.2) is 61.7 Å². The van der Waals surface area contributed by atoms with Gasteiger partial charge in [-0.05, 0) is 52.1 Å². The molecule has 3 nitrogen and oxygen atoms in total. The number of hydrogen-bond acceptors (Lipinski definition) is 3. The Labute approximate surface area is 113 Å². The molecule has 2 heterocycles. The van der Waals surface area contributed by atoms with Crippen LogP contribution in [0.25, 0.3) is 0 Å². The van der Waals surface area contributed by atoms with Gasteiger partial charge in [-0.15, -0.1) is 0 Å². The zero-order valence-corrected chi connectivity index (χ0v) is 12.8. The van der Waals surface area contributed by atoms with Gasteiger partial charge in [-0.3, -0.25) is 9.80 Å². The molecule has 2 aliphatic rings. The molecule has 0 aliphatic carbocycles. The summed E-state index contributed by atoms with van der Waals surface area (Å²) in [4.78, 5) is 5.21. The first kappa shape index (κ1) is 14.3. The lowest BCUT2D eigenvalue weighted by Crippen LogP contribution is -2.60. The molecule has 2 saturated heterocycles. The van der Waals surface area contributed by atoms with Crippen LogP contribution in [0.15, 0.2) is 0 Å². The molecule has 0 radical (unpaired) electrons. The van der Waals surface area contributed by atoms with Gasteiger partial charge in [-0.1, -0.05) is 6.92 Å².